The monoisotopic (exact) mass is 279 g/mol. The van der Waals surface area contributed by atoms with Crippen molar-refractivity contribution in [2.45, 2.75) is 0 Å². The summed E-state index contributed by atoms with van der Waals surface area (Å²) < 4.78 is 1.56. The molecule has 0 aliphatic rings. The average Bonchev–Trinajstić information content (AvgIpc) is 2.77. The van der Waals surface area contributed by atoms with E-state index in [0.29, 0.717) is 11.4 Å². The summed E-state index contributed by atoms with van der Waals surface area (Å²) in [5, 5.41) is 11.6. The van der Waals surface area contributed by atoms with Crippen molar-refractivity contribution in [2.24, 2.45) is 7.05 Å². The van der Waals surface area contributed by atoms with Crippen LogP contribution >= 0.6 is 11.6 Å². The van der Waals surface area contributed by atoms with E-state index in [1.807, 2.05) is 0 Å². The quantitative estimate of drug-likeness (QED) is 0.900. The number of aryl methyl sites for hydroxylation is 1. The molecule has 1 heterocycles. The summed E-state index contributed by atoms with van der Waals surface area (Å²) in [5.74, 6) is -1.53. The number of carbonyl (C=O) groups excluding carboxylic acids is 1. The summed E-state index contributed by atoms with van der Waals surface area (Å²) >= 11 is 5.74. The number of nitrogens with one attached hydrogen (secondary N) is 1. The molecule has 1 amide bonds. The van der Waals surface area contributed by atoms with E-state index in [0.717, 1.165) is 0 Å². The van der Waals surface area contributed by atoms with Crippen LogP contribution in [0.3, 0.4) is 0 Å². The van der Waals surface area contributed by atoms with Gasteiger partial charge in [-0.15, -0.1) is 0 Å². The van der Waals surface area contributed by atoms with Crippen molar-refractivity contribution >= 4 is 29.2 Å². The van der Waals surface area contributed by atoms with Crippen molar-refractivity contribution in [3.63, 3.8) is 0 Å². The number of rotatable bonds is 3. The molecule has 0 atom stereocenters. The molecule has 7 heteroatoms. The highest BCUT2D eigenvalue weighted by atomic mass is 35.5. The summed E-state index contributed by atoms with van der Waals surface area (Å²) in [6.07, 6.45) is 2.92. The number of carboxylic acid groups (broad SMARTS) is 1. The van der Waals surface area contributed by atoms with Crippen molar-refractivity contribution in [3.8, 4) is 0 Å². The zero-order chi connectivity index (χ0) is 14.0. The highest BCUT2D eigenvalue weighted by Gasteiger charge is 2.13. The Labute approximate surface area is 113 Å². The molecule has 0 aliphatic heterocycles. The van der Waals surface area contributed by atoms with E-state index in [2.05, 4.69) is 10.3 Å². The Balaban J connectivity index is 2.25. The van der Waals surface area contributed by atoms with Gasteiger partial charge in [-0.05, 0) is 18.2 Å². The second-order valence-corrected chi connectivity index (χ2v) is 4.25. The van der Waals surface area contributed by atoms with Gasteiger partial charge in [0.25, 0.3) is 5.91 Å². The second-order valence-electron chi connectivity index (χ2n) is 3.84. The number of aromatic nitrogens is 2. The van der Waals surface area contributed by atoms with Crippen LogP contribution in [0, 0.1) is 0 Å². The van der Waals surface area contributed by atoms with Crippen LogP contribution < -0.4 is 5.32 Å². The molecule has 1 aromatic carbocycles. The lowest BCUT2D eigenvalue weighted by Crippen LogP contribution is -2.15. The Morgan fingerprint density at radius 2 is 2.16 bits per heavy atom. The number of amides is 1. The molecule has 1 aromatic heterocycles. The predicted octanol–water partition coefficient (Wildman–Crippen LogP) is 2.02. The fourth-order valence-electron chi connectivity index (χ4n) is 1.54. The van der Waals surface area contributed by atoms with E-state index in [1.54, 1.807) is 11.6 Å². The number of benzene rings is 1. The fourth-order valence-corrected chi connectivity index (χ4v) is 1.74. The lowest BCUT2D eigenvalue weighted by molar-refractivity contribution is 0.0696. The van der Waals surface area contributed by atoms with Crippen molar-refractivity contribution in [2.75, 3.05) is 5.32 Å². The minimum atomic E-state index is -1.15. The van der Waals surface area contributed by atoms with Gasteiger partial charge < -0.3 is 15.0 Å². The van der Waals surface area contributed by atoms with E-state index in [1.165, 1.54) is 30.7 Å². The summed E-state index contributed by atoms with van der Waals surface area (Å²) in [4.78, 5) is 26.7. The zero-order valence-corrected chi connectivity index (χ0v) is 10.7. The molecule has 2 rings (SSSR count). The van der Waals surface area contributed by atoms with Crippen molar-refractivity contribution < 1.29 is 14.7 Å². The topological polar surface area (TPSA) is 84.2 Å². The van der Waals surface area contributed by atoms with Crippen LogP contribution in [0.25, 0.3) is 0 Å². The first kappa shape index (κ1) is 13.1. The van der Waals surface area contributed by atoms with Gasteiger partial charge in [-0.25, -0.2) is 9.78 Å². The smallest absolute Gasteiger partial charge is 0.337 e. The number of carbonyl (C=O) groups is 2. The maximum Gasteiger partial charge on any atom is 0.337 e. The minimum absolute atomic E-state index is 0.0653. The predicted molar refractivity (Wildman–Crippen MR) is 69.6 cm³/mol. The molecular formula is C12H10ClN3O3. The van der Waals surface area contributed by atoms with Crippen LogP contribution in [0.15, 0.2) is 30.7 Å². The van der Waals surface area contributed by atoms with Crippen LogP contribution in [0.4, 0.5) is 5.69 Å². The molecule has 0 saturated carbocycles. The number of nitrogens with zero attached hydrogens (tertiary/aromatic N) is 2. The minimum Gasteiger partial charge on any atom is -0.478 e. The Hall–Kier alpha value is -2.34. The summed E-state index contributed by atoms with van der Waals surface area (Å²) in [6.45, 7) is 0. The first-order valence-electron chi connectivity index (χ1n) is 5.29. The van der Waals surface area contributed by atoms with Crippen molar-refractivity contribution in [1.29, 1.82) is 0 Å². The molecule has 98 valence electrons. The standard InChI is InChI=1S/C12H10ClN3O3/c1-16-6-14-5-10(16)11(17)15-7-2-3-9(13)8(4-7)12(18)19/h2-6H,1H3,(H,15,17)(H,18,19). The average molecular weight is 280 g/mol. The fraction of sp³-hybridized carbons (Fsp3) is 0.0833. The Morgan fingerprint density at radius 3 is 2.74 bits per heavy atom. The zero-order valence-electron chi connectivity index (χ0n) is 9.92. The molecular weight excluding hydrogens is 270 g/mol. The number of aromatic carboxylic acids is 1. The highest BCUT2D eigenvalue weighted by Crippen LogP contribution is 2.21. The van der Waals surface area contributed by atoms with Gasteiger partial charge in [-0.3, -0.25) is 4.79 Å². The van der Waals surface area contributed by atoms with E-state index >= 15 is 0 Å². The van der Waals surface area contributed by atoms with Crippen LogP contribution in [-0.2, 0) is 7.05 Å². The third-order valence-electron chi connectivity index (χ3n) is 2.50. The lowest BCUT2D eigenvalue weighted by atomic mass is 10.2. The molecule has 19 heavy (non-hydrogen) atoms. The molecule has 2 aromatic rings. The van der Waals surface area contributed by atoms with Gasteiger partial charge in [0, 0.05) is 12.7 Å². The Bertz CT molecular complexity index is 651. The third kappa shape index (κ3) is 2.74. The number of carboxylic acids is 1. The second kappa shape index (κ2) is 5.11. The van der Waals surface area contributed by atoms with Gasteiger partial charge in [0.05, 0.1) is 23.1 Å². The van der Waals surface area contributed by atoms with Gasteiger partial charge in [-0.1, -0.05) is 11.6 Å². The molecule has 0 radical (unpaired) electrons. The number of imidazole rings is 1. The summed E-state index contributed by atoms with van der Waals surface area (Å²) in [7, 11) is 1.69. The van der Waals surface area contributed by atoms with Gasteiger partial charge in [-0.2, -0.15) is 0 Å². The highest BCUT2D eigenvalue weighted by molar-refractivity contribution is 6.33. The number of hydrogen-bond acceptors (Lipinski definition) is 3. The van der Waals surface area contributed by atoms with E-state index in [4.69, 9.17) is 16.7 Å². The normalized spacial score (nSPS) is 10.2. The number of halogens is 1. The van der Waals surface area contributed by atoms with Crippen LogP contribution in [0.2, 0.25) is 5.02 Å². The molecule has 0 aliphatic carbocycles. The maximum atomic E-state index is 11.9. The van der Waals surface area contributed by atoms with Gasteiger partial charge in [0.15, 0.2) is 0 Å². The number of hydrogen-bond donors (Lipinski definition) is 2. The first-order valence-corrected chi connectivity index (χ1v) is 5.67. The Kier molecular flexibility index (Phi) is 3.52. The van der Waals surface area contributed by atoms with Crippen molar-refractivity contribution in [1.82, 2.24) is 9.55 Å². The van der Waals surface area contributed by atoms with Crippen molar-refractivity contribution in [3.05, 3.63) is 47.0 Å². The van der Waals surface area contributed by atoms with Gasteiger partial charge in [0.2, 0.25) is 0 Å². The molecule has 0 saturated heterocycles. The first-order chi connectivity index (χ1) is 8.99. The molecule has 0 fully saturated rings. The van der Waals surface area contributed by atoms with E-state index in [9.17, 15) is 9.59 Å². The van der Waals surface area contributed by atoms with Crippen LogP contribution in [0.5, 0.6) is 0 Å². The molecule has 2 N–H and O–H groups in total. The third-order valence-corrected chi connectivity index (χ3v) is 2.83. The lowest BCUT2D eigenvalue weighted by Gasteiger charge is -2.07. The SMILES string of the molecule is Cn1cncc1C(=O)Nc1ccc(Cl)c(C(=O)O)c1. The van der Waals surface area contributed by atoms with E-state index < -0.39 is 5.97 Å². The summed E-state index contributed by atoms with van der Waals surface area (Å²) in [5.41, 5.74) is 0.657. The molecule has 0 spiro atoms. The molecule has 0 bridgehead atoms. The summed E-state index contributed by atoms with van der Waals surface area (Å²) in [6, 6.07) is 4.26. The van der Waals surface area contributed by atoms with Gasteiger partial charge in [0.1, 0.15) is 5.69 Å². The maximum absolute atomic E-state index is 11.9. The van der Waals surface area contributed by atoms with E-state index in [-0.39, 0.29) is 16.5 Å². The largest absolute Gasteiger partial charge is 0.478 e. The van der Waals surface area contributed by atoms with Crippen LogP contribution in [0.1, 0.15) is 20.8 Å². The Morgan fingerprint density at radius 1 is 1.42 bits per heavy atom. The van der Waals surface area contributed by atoms with Crippen LogP contribution in [-0.4, -0.2) is 26.5 Å². The molecule has 6 nitrogen and oxygen atoms in total. The number of anilines is 1. The van der Waals surface area contributed by atoms with Gasteiger partial charge >= 0.3 is 5.97 Å². The molecule has 0 unspecified atom stereocenters.